The number of aliphatic carboxylic acids is 1. The van der Waals surface area contributed by atoms with Gasteiger partial charge in [0.1, 0.15) is 0 Å². The van der Waals surface area contributed by atoms with Gasteiger partial charge in [-0.25, -0.2) is 4.79 Å². The molecule has 1 saturated heterocycles. The zero-order valence-corrected chi connectivity index (χ0v) is 11.9. The Morgan fingerprint density at radius 2 is 2.29 bits per heavy atom. The minimum atomic E-state index is -0.920. The van der Waals surface area contributed by atoms with Crippen molar-refractivity contribution in [3.05, 3.63) is 28.8 Å². The molecule has 2 rings (SSSR count). The van der Waals surface area contributed by atoms with Crippen molar-refractivity contribution in [3.63, 3.8) is 0 Å². The van der Waals surface area contributed by atoms with Gasteiger partial charge < -0.3 is 15.3 Å². The van der Waals surface area contributed by atoms with Gasteiger partial charge in [-0.1, -0.05) is 11.6 Å². The number of urea groups is 1. The third-order valence-corrected chi connectivity index (χ3v) is 3.70. The van der Waals surface area contributed by atoms with Crippen LogP contribution in [0.5, 0.6) is 0 Å². The van der Waals surface area contributed by atoms with E-state index in [1.54, 1.807) is 12.1 Å². The maximum atomic E-state index is 12.2. The standard InChI is InChI=1S/C14H14ClN3O3/c15-11-6-9(8-16)3-4-12(11)17-14(21)18-5-1-2-10(18)7-13(19)20/h3-4,6,10H,1-2,5,7H2,(H,17,21)(H,19,20). The van der Waals surface area contributed by atoms with Crippen molar-refractivity contribution >= 4 is 29.3 Å². The number of hydrogen-bond donors (Lipinski definition) is 2. The lowest BCUT2D eigenvalue weighted by atomic mass is 10.1. The lowest BCUT2D eigenvalue weighted by molar-refractivity contribution is -0.137. The first-order chi connectivity index (χ1) is 10.0. The van der Waals surface area contributed by atoms with Crippen LogP contribution in [0.4, 0.5) is 10.5 Å². The predicted octanol–water partition coefficient (Wildman–Crippen LogP) is 2.68. The van der Waals surface area contributed by atoms with Crippen LogP contribution in [0.15, 0.2) is 18.2 Å². The number of nitriles is 1. The number of nitrogens with one attached hydrogen (secondary N) is 1. The molecule has 1 aliphatic heterocycles. The normalized spacial score (nSPS) is 17.3. The van der Waals surface area contributed by atoms with Gasteiger partial charge in [0.25, 0.3) is 0 Å². The quantitative estimate of drug-likeness (QED) is 0.897. The molecule has 0 bridgehead atoms. The highest BCUT2D eigenvalue weighted by Gasteiger charge is 2.30. The van der Waals surface area contributed by atoms with Crippen LogP contribution in [0.1, 0.15) is 24.8 Å². The van der Waals surface area contributed by atoms with E-state index >= 15 is 0 Å². The highest BCUT2D eigenvalue weighted by atomic mass is 35.5. The van der Waals surface area contributed by atoms with Crippen LogP contribution in [0.25, 0.3) is 0 Å². The number of carboxylic acids is 1. The number of halogens is 1. The smallest absolute Gasteiger partial charge is 0.322 e. The molecule has 7 heteroatoms. The van der Waals surface area contributed by atoms with E-state index in [0.29, 0.717) is 24.2 Å². The summed E-state index contributed by atoms with van der Waals surface area (Å²) >= 11 is 6.00. The molecule has 2 N–H and O–H groups in total. The highest BCUT2D eigenvalue weighted by Crippen LogP contribution is 2.25. The topological polar surface area (TPSA) is 93.4 Å². The van der Waals surface area contributed by atoms with Crippen LogP contribution in [-0.2, 0) is 4.79 Å². The maximum Gasteiger partial charge on any atom is 0.322 e. The average molecular weight is 308 g/mol. The minimum Gasteiger partial charge on any atom is -0.481 e. The Hall–Kier alpha value is -2.26. The van der Waals surface area contributed by atoms with Gasteiger partial charge in [-0.05, 0) is 31.0 Å². The molecule has 1 aromatic rings. The summed E-state index contributed by atoms with van der Waals surface area (Å²) in [5.41, 5.74) is 0.810. The number of likely N-dealkylation sites (tertiary alicyclic amines) is 1. The van der Waals surface area contributed by atoms with Crippen LogP contribution in [0.3, 0.4) is 0 Å². The fraction of sp³-hybridized carbons (Fsp3) is 0.357. The molecule has 2 amide bonds. The summed E-state index contributed by atoms with van der Waals surface area (Å²) in [5, 5.41) is 20.6. The summed E-state index contributed by atoms with van der Waals surface area (Å²) < 4.78 is 0. The lowest BCUT2D eigenvalue weighted by Gasteiger charge is -2.24. The first kappa shape index (κ1) is 15.1. The summed E-state index contributed by atoms with van der Waals surface area (Å²) in [6.45, 7) is 0.525. The van der Waals surface area contributed by atoms with E-state index in [1.165, 1.54) is 11.0 Å². The van der Waals surface area contributed by atoms with E-state index in [1.807, 2.05) is 6.07 Å². The summed E-state index contributed by atoms with van der Waals surface area (Å²) in [5.74, 6) is -0.920. The second-order valence-electron chi connectivity index (χ2n) is 4.82. The van der Waals surface area contributed by atoms with Crippen molar-refractivity contribution in [3.8, 4) is 6.07 Å². The predicted molar refractivity (Wildman–Crippen MR) is 77.2 cm³/mol. The van der Waals surface area contributed by atoms with Crippen molar-refractivity contribution in [2.75, 3.05) is 11.9 Å². The Kier molecular flexibility index (Phi) is 4.66. The number of rotatable bonds is 3. The molecule has 21 heavy (non-hydrogen) atoms. The van der Waals surface area contributed by atoms with Crippen molar-refractivity contribution in [2.24, 2.45) is 0 Å². The number of hydrogen-bond acceptors (Lipinski definition) is 3. The zero-order valence-electron chi connectivity index (χ0n) is 11.2. The van der Waals surface area contributed by atoms with Gasteiger partial charge in [0.15, 0.2) is 0 Å². The summed E-state index contributed by atoms with van der Waals surface area (Å²) in [6.07, 6.45) is 1.40. The second-order valence-corrected chi connectivity index (χ2v) is 5.23. The second kappa shape index (κ2) is 6.46. The van der Waals surface area contributed by atoms with Gasteiger partial charge in [0.2, 0.25) is 0 Å². The molecule has 0 spiro atoms. The molecule has 1 fully saturated rings. The van der Waals surface area contributed by atoms with Gasteiger partial charge in [-0.15, -0.1) is 0 Å². The molecule has 0 radical (unpaired) electrons. The molecule has 1 aromatic carbocycles. The van der Waals surface area contributed by atoms with E-state index in [0.717, 1.165) is 6.42 Å². The zero-order chi connectivity index (χ0) is 15.4. The minimum absolute atomic E-state index is 0.0610. The molecule has 110 valence electrons. The first-order valence-corrected chi connectivity index (χ1v) is 6.88. The third-order valence-electron chi connectivity index (χ3n) is 3.39. The summed E-state index contributed by atoms with van der Waals surface area (Å²) in [4.78, 5) is 24.5. The third kappa shape index (κ3) is 3.64. The van der Waals surface area contributed by atoms with E-state index in [9.17, 15) is 9.59 Å². The van der Waals surface area contributed by atoms with E-state index in [4.69, 9.17) is 22.0 Å². The van der Waals surface area contributed by atoms with Crippen molar-refractivity contribution < 1.29 is 14.7 Å². The Bertz CT molecular complexity index is 612. The van der Waals surface area contributed by atoms with Gasteiger partial charge in [-0.2, -0.15) is 5.26 Å². The number of carboxylic acid groups (broad SMARTS) is 1. The van der Waals surface area contributed by atoms with Gasteiger partial charge in [0.05, 0.1) is 28.8 Å². The van der Waals surface area contributed by atoms with Crippen molar-refractivity contribution in [1.29, 1.82) is 5.26 Å². The van der Waals surface area contributed by atoms with Crippen LogP contribution < -0.4 is 5.32 Å². The Morgan fingerprint density at radius 3 is 2.90 bits per heavy atom. The number of anilines is 1. The molecule has 0 saturated carbocycles. The Balaban J connectivity index is 2.07. The lowest BCUT2D eigenvalue weighted by Crippen LogP contribution is -2.39. The summed E-state index contributed by atoms with van der Waals surface area (Å²) in [7, 11) is 0. The molecule has 1 aliphatic rings. The summed E-state index contributed by atoms with van der Waals surface area (Å²) in [6, 6.07) is 5.88. The fourth-order valence-corrected chi connectivity index (χ4v) is 2.62. The first-order valence-electron chi connectivity index (χ1n) is 6.50. The van der Waals surface area contributed by atoms with Crippen LogP contribution in [0.2, 0.25) is 5.02 Å². The Labute approximate surface area is 126 Å². The van der Waals surface area contributed by atoms with Crippen LogP contribution >= 0.6 is 11.6 Å². The Morgan fingerprint density at radius 1 is 1.52 bits per heavy atom. The van der Waals surface area contributed by atoms with Crippen molar-refractivity contribution in [2.45, 2.75) is 25.3 Å². The van der Waals surface area contributed by atoms with E-state index in [2.05, 4.69) is 5.32 Å². The molecule has 1 heterocycles. The molecule has 0 aromatic heterocycles. The highest BCUT2D eigenvalue weighted by molar-refractivity contribution is 6.33. The van der Waals surface area contributed by atoms with Crippen LogP contribution in [0, 0.1) is 11.3 Å². The number of amides is 2. The molecule has 0 aliphatic carbocycles. The monoisotopic (exact) mass is 307 g/mol. The van der Waals surface area contributed by atoms with Gasteiger partial charge in [0, 0.05) is 12.6 Å². The SMILES string of the molecule is N#Cc1ccc(NC(=O)N2CCCC2CC(=O)O)c(Cl)c1. The molecule has 1 atom stereocenters. The van der Waals surface area contributed by atoms with Crippen molar-refractivity contribution in [1.82, 2.24) is 4.90 Å². The number of benzene rings is 1. The fourth-order valence-electron chi connectivity index (χ4n) is 2.39. The van der Waals surface area contributed by atoms with Gasteiger partial charge >= 0.3 is 12.0 Å². The number of carbonyl (C=O) groups excluding carboxylic acids is 1. The van der Waals surface area contributed by atoms with Gasteiger partial charge in [-0.3, -0.25) is 4.79 Å². The molecule has 6 nitrogen and oxygen atoms in total. The average Bonchev–Trinajstić information content (AvgIpc) is 2.88. The maximum absolute atomic E-state index is 12.2. The largest absolute Gasteiger partial charge is 0.481 e. The molecular formula is C14H14ClN3O3. The van der Waals surface area contributed by atoms with E-state index in [-0.39, 0.29) is 23.5 Å². The van der Waals surface area contributed by atoms with Crippen LogP contribution in [-0.4, -0.2) is 34.6 Å². The molecular weight excluding hydrogens is 294 g/mol. The number of carbonyl (C=O) groups is 2. The van der Waals surface area contributed by atoms with E-state index < -0.39 is 5.97 Å². The number of nitrogens with zero attached hydrogens (tertiary/aromatic N) is 2. The molecule has 1 unspecified atom stereocenters.